The van der Waals surface area contributed by atoms with E-state index >= 15 is 0 Å². The Morgan fingerprint density at radius 3 is 2.63 bits per heavy atom. The summed E-state index contributed by atoms with van der Waals surface area (Å²) in [5, 5.41) is 5.49. The molecule has 0 bridgehead atoms. The highest BCUT2D eigenvalue weighted by atomic mass is 32.1. The Kier molecular flexibility index (Phi) is 5.28. The second-order valence-corrected chi connectivity index (χ2v) is 8.35. The summed E-state index contributed by atoms with van der Waals surface area (Å²) in [5.41, 5.74) is 4.54. The zero-order valence-corrected chi connectivity index (χ0v) is 17.4. The molecule has 1 aliphatic carbocycles. The van der Waals surface area contributed by atoms with Gasteiger partial charge in [-0.2, -0.15) is 5.10 Å². The van der Waals surface area contributed by atoms with Crippen molar-refractivity contribution < 1.29 is 0 Å². The summed E-state index contributed by atoms with van der Waals surface area (Å²) in [6.07, 6.45) is 14.3. The number of hydrogen-bond acceptors (Lipinski definition) is 4. The van der Waals surface area contributed by atoms with Gasteiger partial charge in [0.15, 0.2) is 0 Å². The SMILES string of the molecule is CCCN(C)C1CCC(c2cnc3c(c2)c(-c2cnn(C)c2)cn3S)CC1. The first-order chi connectivity index (χ1) is 13.1. The van der Waals surface area contributed by atoms with Gasteiger partial charge >= 0.3 is 0 Å². The van der Waals surface area contributed by atoms with Gasteiger partial charge in [0.2, 0.25) is 0 Å². The van der Waals surface area contributed by atoms with Gasteiger partial charge in [0, 0.05) is 48.2 Å². The Balaban J connectivity index is 1.59. The Morgan fingerprint density at radius 2 is 1.96 bits per heavy atom. The molecule has 3 heterocycles. The number of thiol groups is 1. The van der Waals surface area contributed by atoms with E-state index in [4.69, 9.17) is 4.98 Å². The summed E-state index contributed by atoms with van der Waals surface area (Å²) >= 11 is 4.57. The quantitative estimate of drug-likeness (QED) is 0.660. The van der Waals surface area contributed by atoms with Crippen molar-refractivity contribution in [1.82, 2.24) is 23.6 Å². The molecule has 0 aliphatic heterocycles. The van der Waals surface area contributed by atoms with Crippen LogP contribution in [-0.2, 0) is 7.05 Å². The minimum atomic E-state index is 0.609. The maximum Gasteiger partial charge on any atom is 0.150 e. The first kappa shape index (κ1) is 18.6. The molecule has 5 nitrogen and oxygen atoms in total. The fourth-order valence-corrected chi connectivity index (χ4v) is 4.78. The number of pyridine rings is 1. The number of nitrogens with zero attached hydrogens (tertiary/aromatic N) is 5. The van der Waals surface area contributed by atoms with E-state index < -0.39 is 0 Å². The number of aromatic nitrogens is 4. The van der Waals surface area contributed by atoms with E-state index in [1.165, 1.54) is 49.6 Å². The van der Waals surface area contributed by atoms with Crippen molar-refractivity contribution in [1.29, 1.82) is 0 Å². The molecule has 0 N–H and O–H groups in total. The Bertz CT molecular complexity index is 920. The first-order valence-corrected chi connectivity index (χ1v) is 10.4. The van der Waals surface area contributed by atoms with Crippen LogP contribution in [-0.4, -0.2) is 43.3 Å². The molecule has 144 valence electrons. The molecule has 0 atom stereocenters. The number of rotatable bonds is 5. The molecule has 6 heteroatoms. The molecule has 0 radical (unpaired) electrons. The Labute approximate surface area is 166 Å². The smallest absolute Gasteiger partial charge is 0.150 e. The highest BCUT2D eigenvalue weighted by Gasteiger charge is 2.25. The van der Waals surface area contributed by atoms with Crippen LogP contribution in [0, 0.1) is 0 Å². The van der Waals surface area contributed by atoms with Crippen LogP contribution >= 0.6 is 12.8 Å². The van der Waals surface area contributed by atoms with Crippen LogP contribution in [0.15, 0.2) is 30.9 Å². The summed E-state index contributed by atoms with van der Waals surface area (Å²) in [6.45, 7) is 3.46. The summed E-state index contributed by atoms with van der Waals surface area (Å²) in [5.74, 6) is 0.609. The Hall–Kier alpha value is -1.79. The average molecular weight is 384 g/mol. The topological polar surface area (TPSA) is 38.9 Å². The van der Waals surface area contributed by atoms with E-state index in [1.807, 2.05) is 34.3 Å². The van der Waals surface area contributed by atoms with Crippen molar-refractivity contribution in [3.05, 3.63) is 36.4 Å². The van der Waals surface area contributed by atoms with Crippen molar-refractivity contribution >= 4 is 23.8 Å². The molecule has 0 aromatic carbocycles. The monoisotopic (exact) mass is 383 g/mol. The standard InChI is InChI=1S/C21H29N5S/c1-4-9-24(2)18-7-5-15(6-8-18)16-10-19-20(17-12-23-25(3)13-17)14-26(27)21(19)22-11-16/h10-15,18,27H,4-9H2,1-3H3. The van der Waals surface area contributed by atoms with Gasteiger partial charge in [0.1, 0.15) is 5.65 Å². The lowest BCUT2D eigenvalue weighted by Gasteiger charge is -2.34. The molecule has 0 amide bonds. The van der Waals surface area contributed by atoms with Gasteiger partial charge in [-0.1, -0.05) is 19.7 Å². The first-order valence-electron chi connectivity index (χ1n) is 9.96. The molecule has 1 fully saturated rings. The van der Waals surface area contributed by atoms with Crippen molar-refractivity contribution in [2.75, 3.05) is 13.6 Å². The minimum Gasteiger partial charge on any atom is -0.303 e. The largest absolute Gasteiger partial charge is 0.303 e. The van der Waals surface area contributed by atoms with E-state index in [1.54, 1.807) is 0 Å². The lowest BCUT2D eigenvalue weighted by molar-refractivity contribution is 0.183. The predicted molar refractivity (Wildman–Crippen MR) is 114 cm³/mol. The summed E-state index contributed by atoms with van der Waals surface area (Å²) < 4.78 is 3.65. The molecular weight excluding hydrogens is 354 g/mol. The number of fused-ring (bicyclic) bond motifs is 1. The van der Waals surface area contributed by atoms with E-state index in [2.05, 4.69) is 49.0 Å². The minimum absolute atomic E-state index is 0.609. The van der Waals surface area contributed by atoms with Gasteiger partial charge in [0.05, 0.1) is 6.20 Å². The third kappa shape index (κ3) is 3.65. The molecule has 3 aromatic rings. The number of hydrogen-bond donors (Lipinski definition) is 1. The van der Waals surface area contributed by atoms with Crippen molar-refractivity contribution in [3.8, 4) is 11.1 Å². The van der Waals surface area contributed by atoms with Gasteiger partial charge in [-0.25, -0.2) is 4.98 Å². The molecule has 0 unspecified atom stereocenters. The van der Waals surface area contributed by atoms with E-state index in [-0.39, 0.29) is 0 Å². The number of aryl methyl sites for hydroxylation is 1. The zero-order valence-electron chi connectivity index (χ0n) is 16.5. The highest BCUT2D eigenvalue weighted by Crippen LogP contribution is 2.37. The molecule has 27 heavy (non-hydrogen) atoms. The third-order valence-electron chi connectivity index (χ3n) is 6.03. The maximum absolute atomic E-state index is 4.74. The van der Waals surface area contributed by atoms with E-state index in [9.17, 15) is 0 Å². The second kappa shape index (κ2) is 7.68. The van der Waals surface area contributed by atoms with Crippen molar-refractivity contribution in [2.24, 2.45) is 7.05 Å². The van der Waals surface area contributed by atoms with Crippen LogP contribution < -0.4 is 0 Å². The normalized spacial score (nSPS) is 20.6. The summed E-state index contributed by atoms with van der Waals surface area (Å²) in [6, 6.07) is 3.07. The van der Waals surface area contributed by atoms with Crippen LogP contribution in [0.25, 0.3) is 22.2 Å². The molecule has 1 saturated carbocycles. The highest BCUT2D eigenvalue weighted by molar-refractivity contribution is 7.78. The lowest BCUT2D eigenvalue weighted by atomic mass is 9.81. The van der Waals surface area contributed by atoms with E-state index in [0.717, 1.165) is 22.8 Å². The van der Waals surface area contributed by atoms with Gasteiger partial charge < -0.3 is 4.90 Å². The van der Waals surface area contributed by atoms with Crippen molar-refractivity contribution in [2.45, 2.75) is 51.0 Å². The summed E-state index contributed by atoms with van der Waals surface area (Å²) in [4.78, 5) is 7.28. The summed E-state index contributed by atoms with van der Waals surface area (Å²) in [7, 11) is 4.22. The van der Waals surface area contributed by atoms with Crippen LogP contribution in [0.3, 0.4) is 0 Å². The molecule has 0 saturated heterocycles. The van der Waals surface area contributed by atoms with Crippen LogP contribution in [0.1, 0.15) is 50.5 Å². The van der Waals surface area contributed by atoms with E-state index in [0.29, 0.717) is 5.92 Å². The van der Waals surface area contributed by atoms with Crippen LogP contribution in [0.5, 0.6) is 0 Å². The van der Waals surface area contributed by atoms with Crippen molar-refractivity contribution in [3.63, 3.8) is 0 Å². The zero-order chi connectivity index (χ0) is 19.0. The fourth-order valence-electron chi connectivity index (χ4n) is 4.51. The van der Waals surface area contributed by atoms with Crippen LogP contribution in [0.2, 0.25) is 0 Å². The van der Waals surface area contributed by atoms with Gasteiger partial charge in [-0.05, 0) is 63.2 Å². The maximum atomic E-state index is 4.74. The fraction of sp³-hybridized carbons (Fsp3) is 0.524. The van der Waals surface area contributed by atoms with Crippen LogP contribution in [0.4, 0.5) is 0 Å². The predicted octanol–water partition coefficient (Wildman–Crippen LogP) is 4.50. The van der Waals surface area contributed by atoms with Gasteiger partial charge in [-0.15, -0.1) is 0 Å². The third-order valence-corrected chi connectivity index (χ3v) is 6.33. The molecule has 1 aliphatic rings. The lowest BCUT2D eigenvalue weighted by Crippen LogP contribution is -2.35. The molecule has 4 rings (SSSR count). The van der Waals surface area contributed by atoms with Gasteiger partial charge in [-0.3, -0.25) is 8.65 Å². The average Bonchev–Trinajstić information content (AvgIpc) is 3.25. The molecule has 0 spiro atoms. The molecular formula is C21H29N5S. The van der Waals surface area contributed by atoms with Gasteiger partial charge in [0.25, 0.3) is 0 Å². The molecule has 3 aromatic heterocycles. The second-order valence-electron chi connectivity index (χ2n) is 7.92. The Morgan fingerprint density at radius 1 is 1.19 bits per heavy atom.